The average Bonchev–Trinajstić information content (AvgIpc) is 2.02. The van der Waals surface area contributed by atoms with Gasteiger partial charge in [0.15, 0.2) is 0 Å². The third-order valence-electron chi connectivity index (χ3n) is 3.34. The molecule has 0 bridgehead atoms. The van der Waals surface area contributed by atoms with Crippen molar-refractivity contribution < 1.29 is 17.9 Å². The fourth-order valence-electron chi connectivity index (χ4n) is 1.92. The van der Waals surface area contributed by atoms with Gasteiger partial charge in [-0.15, -0.1) is 0 Å². The quantitative estimate of drug-likeness (QED) is 0.759. The van der Waals surface area contributed by atoms with Crippen LogP contribution in [0.4, 0.5) is 13.2 Å². The van der Waals surface area contributed by atoms with Gasteiger partial charge in [-0.25, -0.2) is 0 Å². The fraction of sp³-hybridized carbons (Fsp3) is 1.00. The van der Waals surface area contributed by atoms with Crippen molar-refractivity contribution in [2.75, 3.05) is 6.61 Å². The second kappa shape index (κ2) is 3.10. The highest BCUT2D eigenvalue weighted by atomic mass is 19.4. The zero-order valence-corrected chi connectivity index (χ0v) is 8.61. The van der Waals surface area contributed by atoms with Crippen molar-refractivity contribution in [1.82, 2.24) is 0 Å². The minimum Gasteiger partial charge on any atom is -0.378 e. The number of nitrogens with two attached hydrogens (primary N) is 1. The minimum atomic E-state index is -4.36. The Morgan fingerprint density at radius 3 is 2.21 bits per heavy atom. The molecule has 84 valence electrons. The molecule has 0 aliphatic heterocycles. The highest BCUT2D eigenvalue weighted by molar-refractivity contribution is 5.17. The van der Waals surface area contributed by atoms with Crippen LogP contribution in [-0.2, 0) is 4.74 Å². The lowest BCUT2D eigenvalue weighted by atomic mass is 9.54. The molecule has 2 atom stereocenters. The summed E-state index contributed by atoms with van der Waals surface area (Å²) in [6, 6.07) is 0. The summed E-state index contributed by atoms with van der Waals surface area (Å²) in [7, 11) is 0. The molecule has 0 aromatic carbocycles. The van der Waals surface area contributed by atoms with Crippen LogP contribution >= 0.6 is 0 Å². The van der Waals surface area contributed by atoms with Gasteiger partial charge in [0.05, 0.1) is 6.10 Å². The van der Waals surface area contributed by atoms with Crippen LogP contribution in [0, 0.1) is 5.41 Å². The lowest BCUT2D eigenvalue weighted by Crippen LogP contribution is -2.76. The summed E-state index contributed by atoms with van der Waals surface area (Å²) < 4.78 is 43.0. The Kier molecular flexibility index (Phi) is 2.61. The molecule has 2 nitrogen and oxygen atoms in total. The van der Waals surface area contributed by atoms with Gasteiger partial charge in [-0.2, -0.15) is 13.2 Å². The predicted molar refractivity (Wildman–Crippen MR) is 46.8 cm³/mol. The van der Waals surface area contributed by atoms with Gasteiger partial charge in [-0.05, 0) is 6.92 Å². The first kappa shape index (κ1) is 11.8. The molecule has 14 heavy (non-hydrogen) atoms. The van der Waals surface area contributed by atoms with Crippen molar-refractivity contribution >= 4 is 0 Å². The summed E-state index contributed by atoms with van der Waals surface area (Å²) in [5.74, 6) is 0. The van der Waals surface area contributed by atoms with Crippen molar-refractivity contribution in [3.05, 3.63) is 0 Å². The molecular weight excluding hydrogens is 195 g/mol. The molecule has 0 amide bonds. The summed E-state index contributed by atoms with van der Waals surface area (Å²) in [6.45, 7) is 5.19. The van der Waals surface area contributed by atoms with E-state index in [2.05, 4.69) is 0 Å². The molecule has 0 radical (unpaired) electrons. The zero-order chi connectivity index (χ0) is 11.2. The zero-order valence-electron chi connectivity index (χ0n) is 8.61. The molecule has 2 N–H and O–H groups in total. The summed E-state index contributed by atoms with van der Waals surface area (Å²) in [4.78, 5) is 0. The first-order valence-corrected chi connectivity index (χ1v) is 4.64. The van der Waals surface area contributed by atoms with Gasteiger partial charge in [0.1, 0.15) is 5.54 Å². The molecule has 0 spiro atoms. The smallest absolute Gasteiger partial charge is 0.378 e. The van der Waals surface area contributed by atoms with E-state index >= 15 is 0 Å². The normalized spacial score (nSPS) is 36.6. The Labute approximate surface area is 81.6 Å². The molecular formula is C9H16F3NO. The molecule has 1 rings (SSSR count). The predicted octanol–water partition coefficient (Wildman–Crippen LogP) is 2.08. The summed E-state index contributed by atoms with van der Waals surface area (Å²) in [5, 5.41) is 0. The Morgan fingerprint density at radius 2 is 1.93 bits per heavy atom. The monoisotopic (exact) mass is 211 g/mol. The molecule has 0 heterocycles. The number of ether oxygens (including phenoxy) is 1. The third kappa shape index (κ3) is 1.34. The highest BCUT2D eigenvalue weighted by Gasteiger charge is 2.71. The first-order chi connectivity index (χ1) is 6.17. The van der Waals surface area contributed by atoms with Crippen LogP contribution < -0.4 is 5.73 Å². The first-order valence-electron chi connectivity index (χ1n) is 4.64. The van der Waals surface area contributed by atoms with E-state index in [9.17, 15) is 13.2 Å². The maximum atomic E-state index is 12.6. The van der Waals surface area contributed by atoms with E-state index < -0.39 is 17.1 Å². The van der Waals surface area contributed by atoms with E-state index in [0.717, 1.165) is 0 Å². The van der Waals surface area contributed by atoms with Crippen molar-refractivity contribution in [1.29, 1.82) is 0 Å². The van der Waals surface area contributed by atoms with Crippen LogP contribution in [0.3, 0.4) is 0 Å². The van der Waals surface area contributed by atoms with Gasteiger partial charge in [0, 0.05) is 18.4 Å². The van der Waals surface area contributed by atoms with Crippen molar-refractivity contribution in [2.45, 2.75) is 45.0 Å². The standard InChI is InChI=1S/C9H16F3NO/c1-4-14-6-5-8(13,7(6,2)3)9(10,11)12/h6H,4-5,13H2,1-3H3. The van der Waals surface area contributed by atoms with Crippen LogP contribution in [0.5, 0.6) is 0 Å². The topological polar surface area (TPSA) is 35.2 Å². The fourth-order valence-corrected chi connectivity index (χ4v) is 1.92. The second-order valence-electron chi connectivity index (χ2n) is 4.34. The molecule has 1 fully saturated rings. The van der Waals surface area contributed by atoms with E-state index in [1.165, 1.54) is 13.8 Å². The highest BCUT2D eigenvalue weighted by Crippen LogP contribution is 2.56. The molecule has 5 heteroatoms. The summed E-state index contributed by atoms with van der Waals surface area (Å²) in [6.07, 6.45) is -4.89. The van der Waals surface area contributed by atoms with Gasteiger partial charge in [-0.3, -0.25) is 0 Å². The number of hydrogen-bond acceptors (Lipinski definition) is 2. The van der Waals surface area contributed by atoms with Gasteiger partial charge >= 0.3 is 6.18 Å². The van der Waals surface area contributed by atoms with E-state index in [0.29, 0.717) is 6.61 Å². The third-order valence-corrected chi connectivity index (χ3v) is 3.34. The maximum Gasteiger partial charge on any atom is 0.407 e. The van der Waals surface area contributed by atoms with E-state index in [-0.39, 0.29) is 12.5 Å². The van der Waals surface area contributed by atoms with Crippen LogP contribution in [0.15, 0.2) is 0 Å². The molecule has 0 aromatic heterocycles. The Morgan fingerprint density at radius 1 is 1.43 bits per heavy atom. The molecule has 1 aliphatic carbocycles. The van der Waals surface area contributed by atoms with Gasteiger partial charge in [0.2, 0.25) is 0 Å². The summed E-state index contributed by atoms with van der Waals surface area (Å²) >= 11 is 0. The Bertz CT molecular complexity index is 227. The van der Waals surface area contributed by atoms with Crippen molar-refractivity contribution in [3.8, 4) is 0 Å². The average molecular weight is 211 g/mol. The van der Waals surface area contributed by atoms with Crippen LogP contribution in [0.1, 0.15) is 27.2 Å². The van der Waals surface area contributed by atoms with Crippen molar-refractivity contribution in [3.63, 3.8) is 0 Å². The van der Waals surface area contributed by atoms with E-state index in [1.807, 2.05) is 0 Å². The molecule has 1 saturated carbocycles. The molecule has 0 aromatic rings. The number of halogens is 3. The maximum absolute atomic E-state index is 12.6. The number of alkyl halides is 3. The summed E-state index contributed by atoms with van der Waals surface area (Å²) in [5.41, 5.74) is 2.24. The van der Waals surface area contributed by atoms with Crippen molar-refractivity contribution in [2.24, 2.45) is 11.1 Å². The molecule has 1 aliphatic rings. The number of hydrogen-bond donors (Lipinski definition) is 1. The van der Waals surface area contributed by atoms with E-state index in [4.69, 9.17) is 10.5 Å². The van der Waals surface area contributed by atoms with Gasteiger partial charge < -0.3 is 10.5 Å². The lowest BCUT2D eigenvalue weighted by Gasteiger charge is -2.59. The Balaban J connectivity index is 2.80. The van der Waals surface area contributed by atoms with Crippen LogP contribution in [0.25, 0.3) is 0 Å². The second-order valence-corrected chi connectivity index (χ2v) is 4.34. The number of rotatable bonds is 2. The molecule has 0 saturated heterocycles. The largest absolute Gasteiger partial charge is 0.407 e. The Hall–Kier alpha value is -0.290. The van der Waals surface area contributed by atoms with Gasteiger partial charge in [-0.1, -0.05) is 13.8 Å². The SMILES string of the molecule is CCOC1CC(N)(C(F)(F)F)C1(C)C. The van der Waals surface area contributed by atoms with Gasteiger partial charge in [0.25, 0.3) is 0 Å². The van der Waals surface area contributed by atoms with Crippen LogP contribution in [0.2, 0.25) is 0 Å². The van der Waals surface area contributed by atoms with E-state index in [1.54, 1.807) is 6.92 Å². The minimum absolute atomic E-state index is 0.142. The van der Waals surface area contributed by atoms with Crippen LogP contribution in [-0.4, -0.2) is 24.4 Å². The molecule has 2 unspecified atom stereocenters. The lowest BCUT2D eigenvalue weighted by molar-refractivity contribution is -0.288.